The van der Waals surface area contributed by atoms with Crippen molar-refractivity contribution >= 4 is 24.0 Å². The zero-order chi connectivity index (χ0) is 16.7. The summed E-state index contributed by atoms with van der Waals surface area (Å²) >= 11 is 0. The van der Waals surface area contributed by atoms with Crippen LogP contribution in [0.4, 0.5) is 5.69 Å². The number of ether oxygens (including phenoxy) is 1. The van der Waals surface area contributed by atoms with Gasteiger partial charge in [0.1, 0.15) is 11.9 Å². The molecule has 0 saturated heterocycles. The van der Waals surface area contributed by atoms with E-state index in [0.717, 1.165) is 5.56 Å². The first-order valence-electron chi connectivity index (χ1n) is 7.88. The van der Waals surface area contributed by atoms with E-state index >= 15 is 0 Å². The minimum absolute atomic E-state index is 0. The van der Waals surface area contributed by atoms with Gasteiger partial charge >= 0.3 is 0 Å². The molecular formula is C19H25ClN2O2. The zero-order valence-corrected chi connectivity index (χ0v) is 15.1. The summed E-state index contributed by atoms with van der Waals surface area (Å²) in [5.74, 6) is 0.538. The fourth-order valence-corrected chi connectivity index (χ4v) is 2.31. The van der Waals surface area contributed by atoms with Gasteiger partial charge < -0.3 is 15.4 Å². The van der Waals surface area contributed by atoms with E-state index in [1.807, 2.05) is 75.5 Å². The monoisotopic (exact) mass is 348 g/mol. The summed E-state index contributed by atoms with van der Waals surface area (Å²) in [6.45, 7) is 4.52. The van der Waals surface area contributed by atoms with E-state index in [2.05, 4.69) is 10.6 Å². The standard InChI is InChI=1S/C19H24N2O2.ClH/c1-14(13-20-3)19(22)21-17-11-7-8-12-18(17)23-15(2)16-9-5-4-6-10-16;/h4-12,14-15,20H,13H2,1-3H3,(H,21,22);1H. The molecule has 4 nitrogen and oxygen atoms in total. The lowest BCUT2D eigenvalue weighted by Gasteiger charge is -2.19. The van der Waals surface area contributed by atoms with Crippen LogP contribution in [0.15, 0.2) is 54.6 Å². The number of nitrogens with one attached hydrogen (secondary N) is 2. The van der Waals surface area contributed by atoms with Crippen LogP contribution in [0.25, 0.3) is 0 Å². The van der Waals surface area contributed by atoms with Gasteiger partial charge in [-0.15, -0.1) is 12.4 Å². The Morgan fingerprint density at radius 2 is 1.67 bits per heavy atom. The van der Waals surface area contributed by atoms with Crippen LogP contribution in [0.3, 0.4) is 0 Å². The van der Waals surface area contributed by atoms with Crippen molar-refractivity contribution in [1.82, 2.24) is 5.32 Å². The summed E-state index contributed by atoms with van der Waals surface area (Å²) in [7, 11) is 1.84. The van der Waals surface area contributed by atoms with Crippen LogP contribution in [0.2, 0.25) is 0 Å². The number of amides is 1. The van der Waals surface area contributed by atoms with E-state index in [1.165, 1.54) is 0 Å². The molecule has 2 rings (SSSR count). The molecule has 5 heteroatoms. The summed E-state index contributed by atoms with van der Waals surface area (Å²) < 4.78 is 6.04. The predicted octanol–water partition coefficient (Wildman–Crippen LogP) is 4.04. The van der Waals surface area contributed by atoms with Crippen molar-refractivity contribution in [3.8, 4) is 5.75 Å². The van der Waals surface area contributed by atoms with Crippen molar-refractivity contribution in [2.75, 3.05) is 18.9 Å². The van der Waals surface area contributed by atoms with Crippen molar-refractivity contribution in [2.24, 2.45) is 5.92 Å². The van der Waals surface area contributed by atoms with Gasteiger partial charge in [0.25, 0.3) is 0 Å². The van der Waals surface area contributed by atoms with E-state index < -0.39 is 0 Å². The molecule has 24 heavy (non-hydrogen) atoms. The average Bonchev–Trinajstić information content (AvgIpc) is 2.57. The van der Waals surface area contributed by atoms with Gasteiger partial charge in [0, 0.05) is 12.5 Å². The minimum atomic E-state index is -0.111. The van der Waals surface area contributed by atoms with Gasteiger partial charge in [0.15, 0.2) is 0 Å². The normalized spacial score (nSPS) is 12.6. The molecule has 2 N–H and O–H groups in total. The van der Waals surface area contributed by atoms with Gasteiger partial charge in [-0.1, -0.05) is 49.4 Å². The topological polar surface area (TPSA) is 50.4 Å². The molecule has 0 heterocycles. The molecule has 0 radical (unpaired) electrons. The van der Waals surface area contributed by atoms with Gasteiger partial charge in [-0.2, -0.15) is 0 Å². The molecule has 0 fully saturated rings. The lowest BCUT2D eigenvalue weighted by molar-refractivity contribution is -0.119. The average molecular weight is 349 g/mol. The van der Waals surface area contributed by atoms with Gasteiger partial charge in [0.05, 0.1) is 5.69 Å². The second kappa shape index (κ2) is 9.96. The maximum atomic E-state index is 12.2. The molecular weight excluding hydrogens is 324 g/mol. The highest BCUT2D eigenvalue weighted by atomic mass is 35.5. The quantitative estimate of drug-likeness (QED) is 0.793. The van der Waals surface area contributed by atoms with Crippen molar-refractivity contribution < 1.29 is 9.53 Å². The number of carbonyl (C=O) groups excluding carboxylic acids is 1. The van der Waals surface area contributed by atoms with Crippen LogP contribution in [0.1, 0.15) is 25.5 Å². The fourth-order valence-electron chi connectivity index (χ4n) is 2.31. The van der Waals surface area contributed by atoms with Crippen molar-refractivity contribution in [1.29, 1.82) is 0 Å². The molecule has 0 saturated carbocycles. The molecule has 130 valence electrons. The van der Waals surface area contributed by atoms with Gasteiger partial charge in [0.2, 0.25) is 5.91 Å². The molecule has 0 aliphatic carbocycles. The maximum absolute atomic E-state index is 12.2. The highest BCUT2D eigenvalue weighted by Gasteiger charge is 2.15. The number of hydrogen-bond acceptors (Lipinski definition) is 3. The number of benzene rings is 2. The summed E-state index contributed by atoms with van der Waals surface area (Å²) in [6.07, 6.45) is -0.0935. The third-order valence-electron chi connectivity index (χ3n) is 3.68. The van der Waals surface area contributed by atoms with Crippen LogP contribution in [0.5, 0.6) is 5.75 Å². The smallest absolute Gasteiger partial charge is 0.228 e. The number of hydrogen-bond donors (Lipinski definition) is 2. The first-order valence-corrected chi connectivity index (χ1v) is 7.88. The second-order valence-corrected chi connectivity index (χ2v) is 5.61. The molecule has 1 amide bonds. The third-order valence-corrected chi connectivity index (χ3v) is 3.68. The first kappa shape index (κ1) is 20.0. The van der Waals surface area contributed by atoms with Crippen molar-refractivity contribution in [2.45, 2.75) is 20.0 Å². The van der Waals surface area contributed by atoms with Crippen LogP contribution in [0, 0.1) is 5.92 Å². The Morgan fingerprint density at radius 3 is 2.33 bits per heavy atom. The largest absolute Gasteiger partial charge is 0.484 e. The number of para-hydroxylation sites is 2. The molecule has 2 aromatic carbocycles. The van der Waals surface area contributed by atoms with Crippen LogP contribution in [-0.2, 0) is 4.79 Å². The fraction of sp³-hybridized carbons (Fsp3) is 0.316. The number of anilines is 1. The molecule has 0 spiro atoms. The molecule has 2 atom stereocenters. The third kappa shape index (κ3) is 5.55. The first-order chi connectivity index (χ1) is 11.1. The zero-order valence-electron chi connectivity index (χ0n) is 14.3. The summed E-state index contributed by atoms with van der Waals surface area (Å²) in [5, 5.41) is 5.96. The number of halogens is 1. The Hall–Kier alpha value is -2.04. The molecule has 0 aliphatic rings. The Morgan fingerprint density at radius 1 is 1.04 bits per heavy atom. The van der Waals surface area contributed by atoms with E-state index in [1.54, 1.807) is 0 Å². The van der Waals surface area contributed by atoms with Crippen LogP contribution >= 0.6 is 12.4 Å². The van der Waals surface area contributed by atoms with E-state index in [-0.39, 0.29) is 30.3 Å². The van der Waals surface area contributed by atoms with Crippen LogP contribution in [-0.4, -0.2) is 19.5 Å². The Kier molecular flexibility index (Phi) is 8.30. The Labute approximate surface area is 150 Å². The second-order valence-electron chi connectivity index (χ2n) is 5.61. The minimum Gasteiger partial charge on any atom is -0.484 e. The highest BCUT2D eigenvalue weighted by molar-refractivity contribution is 5.93. The summed E-state index contributed by atoms with van der Waals surface area (Å²) in [6, 6.07) is 17.5. The summed E-state index contributed by atoms with van der Waals surface area (Å²) in [4.78, 5) is 12.2. The van der Waals surface area contributed by atoms with Gasteiger partial charge in [-0.05, 0) is 31.7 Å². The highest BCUT2D eigenvalue weighted by Crippen LogP contribution is 2.29. The van der Waals surface area contributed by atoms with Crippen molar-refractivity contribution in [3.05, 3.63) is 60.2 Å². The van der Waals surface area contributed by atoms with E-state index in [9.17, 15) is 4.79 Å². The Bertz CT molecular complexity index is 634. The van der Waals surface area contributed by atoms with E-state index in [4.69, 9.17) is 4.74 Å². The van der Waals surface area contributed by atoms with Gasteiger partial charge in [-0.25, -0.2) is 0 Å². The van der Waals surface area contributed by atoms with Crippen molar-refractivity contribution in [3.63, 3.8) is 0 Å². The number of carbonyl (C=O) groups is 1. The lowest BCUT2D eigenvalue weighted by Crippen LogP contribution is -2.28. The van der Waals surface area contributed by atoms with Crippen LogP contribution < -0.4 is 15.4 Å². The molecule has 0 bridgehead atoms. The predicted molar refractivity (Wildman–Crippen MR) is 101 cm³/mol. The molecule has 2 aromatic rings. The molecule has 0 aromatic heterocycles. The number of rotatable bonds is 7. The summed E-state index contributed by atoms with van der Waals surface area (Å²) in [5.41, 5.74) is 1.79. The maximum Gasteiger partial charge on any atom is 0.228 e. The molecule has 2 unspecified atom stereocenters. The van der Waals surface area contributed by atoms with E-state index in [0.29, 0.717) is 18.0 Å². The molecule has 0 aliphatic heterocycles. The lowest BCUT2D eigenvalue weighted by atomic mass is 10.1. The Balaban J connectivity index is 0.00000288. The SMILES string of the molecule is CNCC(C)C(=O)Nc1ccccc1OC(C)c1ccccc1.Cl. The van der Waals surface area contributed by atoms with Gasteiger partial charge in [-0.3, -0.25) is 4.79 Å².